The van der Waals surface area contributed by atoms with Crippen LogP contribution in [0.25, 0.3) is 0 Å². The van der Waals surface area contributed by atoms with Crippen LogP contribution in [-0.2, 0) is 0 Å². The predicted molar refractivity (Wildman–Crippen MR) is 63.2 cm³/mol. The number of hydrogen-bond acceptors (Lipinski definition) is 4. The largest absolute Gasteiger partial charge is 0.350 e. The Bertz CT molecular complexity index is 349. The summed E-state index contributed by atoms with van der Waals surface area (Å²) in [6, 6.07) is 3.92. The average Bonchev–Trinajstić information content (AvgIpc) is 3.06. The standard InChI is InChI=1S/C12H18N4/c1-9-7-10(8-16(9)11-3-4-11)15-12-13-5-2-6-14-12/h2,5-6,9-11H,3-4,7-8H2,1H3,(H,13,14,15). The normalized spacial score (nSPS) is 30.6. The molecule has 0 spiro atoms. The second kappa shape index (κ2) is 4.01. The maximum atomic E-state index is 4.21. The van der Waals surface area contributed by atoms with Crippen LogP contribution in [0.4, 0.5) is 5.95 Å². The highest BCUT2D eigenvalue weighted by Crippen LogP contribution is 2.33. The van der Waals surface area contributed by atoms with Crippen LogP contribution in [0.2, 0.25) is 0 Å². The van der Waals surface area contributed by atoms with Gasteiger partial charge in [0.1, 0.15) is 0 Å². The molecule has 2 aliphatic rings. The average molecular weight is 218 g/mol. The first-order chi connectivity index (χ1) is 7.83. The fraction of sp³-hybridized carbons (Fsp3) is 0.667. The summed E-state index contributed by atoms with van der Waals surface area (Å²) in [4.78, 5) is 11.0. The van der Waals surface area contributed by atoms with E-state index in [2.05, 4.69) is 27.1 Å². The van der Waals surface area contributed by atoms with E-state index in [1.807, 2.05) is 6.07 Å². The fourth-order valence-electron chi connectivity index (χ4n) is 2.63. The van der Waals surface area contributed by atoms with Crippen molar-refractivity contribution < 1.29 is 0 Å². The highest BCUT2D eigenvalue weighted by atomic mass is 15.3. The molecule has 0 amide bonds. The third-order valence-corrected chi connectivity index (χ3v) is 3.54. The molecular formula is C12H18N4. The van der Waals surface area contributed by atoms with E-state index in [0.29, 0.717) is 12.1 Å². The maximum absolute atomic E-state index is 4.21. The summed E-state index contributed by atoms with van der Waals surface area (Å²) < 4.78 is 0. The number of likely N-dealkylation sites (tertiary alicyclic amines) is 1. The molecule has 2 atom stereocenters. The lowest BCUT2D eigenvalue weighted by Gasteiger charge is -2.19. The van der Waals surface area contributed by atoms with Crippen molar-refractivity contribution in [2.45, 2.75) is 44.3 Å². The van der Waals surface area contributed by atoms with Gasteiger partial charge in [0, 0.05) is 37.1 Å². The van der Waals surface area contributed by atoms with Gasteiger partial charge in [0.15, 0.2) is 0 Å². The zero-order valence-electron chi connectivity index (χ0n) is 9.63. The number of rotatable bonds is 3. The summed E-state index contributed by atoms with van der Waals surface area (Å²) >= 11 is 0. The summed E-state index contributed by atoms with van der Waals surface area (Å²) in [5.74, 6) is 0.761. The molecule has 2 fully saturated rings. The molecule has 1 aromatic heterocycles. The first-order valence-corrected chi connectivity index (χ1v) is 6.12. The molecule has 2 unspecified atom stereocenters. The van der Waals surface area contributed by atoms with Gasteiger partial charge in [-0.05, 0) is 32.3 Å². The highest BCUT2D eigenvalue weighted by molar-refractivity contribution is 5.25. The number of nitrogens with one attached hydrogen (secondary N) is 1. The molecule has 1 aromatic rings. The Hall–Kier alpha value is -1.16. The van der Waals surface area contributed by atoms with Crippen LogP contribution in [0.3, 0.4) is 0 Å². The van der Waals surface area contributed by atoms with Crippen molar-refractivity contribution in [3.8, 4) is 0 Å². The summed E-state index contributed by atoms with van der Waals surface area (Å²) in [7, 11) is 0. The zero-order chi connectivity index (χ0) is 11.0. The van der Waals surface area contributed by atoms with Crippen molar-refractivity contribution in [1.82, 2.24) is 14.9 Å². The molecule has 1 aliphatic heterocycles. The Labute approximate surface area is 96.1 Å². The third kappa shape index (κ3) is 2.02. The summed E-state index contributed by atoms with van der Waals surface area (Å²) in [6.45, 7) is 3.47. The second-order valence-electron chi connectivity index (χ2n) is 4.93. The molecule has 0 radical (unpaired) electrons. The number of aromatic nitrogens is 2. The Balaban J connectivity index is 1.61. The van der Waals surface area contributed by atoms with Crippen molar-refractivity contribution >= 4 is 5.95 Å². The number of nitrogens with zero attached hydrogens (tertiary/aromatic N) is 3. The number of hydrogen-bond donors (Lipinski definition) is 1. The molecule has 86 valence electrons. The lowest BCUT2D eigenvalue weighted by Crippen LogP contribution is -2.31. The van der Waals surface area contributed by atoms with Crippen LogP contribution < -0.4 is 5.32 Å². The Kier molecular flexibility index (Phi) is 2.52. The van der Waals surface area contributed by atoms with Gasteiger partial charge in [-0.1, -0.05) is 0 Å². The molecule has 1 saturated heterocycles. The van der Waals surface area contributed by atoms with E-state index in [-0.39, 0.29) is 0 Å². The summed E-state index contributed by atoms with van der Waals surface area (Å²) in [6.07, 6.45) is 7.55. The molecule has 1 saturated carbocycles. The monoisotopic (exact) mass is 218 g/mol. The van der Waals surface area contributed by atoms with Gasteiger partial charge in [0.25, 0.3) is 0 Å². The minimum atomic E-state index is 0.512. The molecule has 4 nitrogen and oxygen atoms in total. The van der Waals surface area contributed by atoms with Gasteiger partial charge in [-0.15, -0.1) is 0 Å². The van der Waals surface area contributed by atoms with Gasteiger partial charge in [0.2, 0.25) is 5.95 Å². The van der Waals surface area contributed by atoms with Crippen molar-refractivity contribution in [3.05, 3.63) is 18.5 Å². The Morgan fingerprint density at radius 1 is 1.31 bits per heavy atom. The summed E-state index contributed by atoms with van der Waals surface area (Å²) in [5.41, 5.74) is 0. The van der Waals surface area contributed by atoms with E-state index in [0.717, 1.165) is 18.5 Å². The Morgan fingerprint density at radius 3 is 2.75 bits per heavy atom. The van der Waals surface area contributed by atoms with Crippen LogP contribution in [0.15, 0.2) is 18.5 Å². The van der Waals surface area contributed by atoms with E-state index in [9.17, 15) is 0 Å². The van der Waals surface area contributed by atoms with E-state index in [4.69, 9.17) is 0 Å². The molecule has 0 aromatic carbocycles. The van der Waals surface area contributed by atoms with Crippen molar-refractivity contribution in [3.63, 3.8) is 0 Å². The van der Waals surface area contributed by atoms with E-state index in [1.54, 1.807) is 12.4 Å². The molecule has 4 heteroatoms. The first kappa shape index (κ1) is 10.0. The highest BCUT2D eigenvalue weighted by Gasteiger charge is 2.38. The van der Waals surface area contributed by atoms with E-state index < -0.39 is 0 Å². The molecule has 1 aliphatic carbocycles. The van der Waals surface area contributed by atoms with Gasteiger partial charge in [0.05, 0.1) is 0 Å². The molecule has 3 rings (SSSR count). The lowest BCUT2D eigenvalue weighted by molar-refractivity contribution is 0.257. The smallest absolute Gasteiger partial charge is 0.222 e. The van der Waals surface area contributed by atoms with Crippen LogP contribution in [0.1, 0.15) is 26.2 Å². The van der Waals surface area contributed by atoms with Crippen LogP contribution in [0.5, 0.6) is 0 Å². The van der Waals surface area contributed by atoms with Gasteiger partial charge in [-0.3, -0.25) is 4.90 Å². The molecule has 1 N–H and O–H groups in total. The minimum Gasteiger partial charge on any atom is -0.350 e. The summed E-state index contributed by atoms with van der Waals surface area (Å²) in [5, 5.41) is 3.42. The van der Waals surface area contributed by atoms with Crippen LogP contribution in [0, 0.1) is 0 Å². The number of anilines is 1. The lowest BCUT2D eigenvalue weighted by atomic mass is 10.2. The fourth-order valence-corrected chi connectivity index (χ4v) is 2.63. The SMILES string of the molecule is CC1CC(Nc2ncccn2)CN1C1CC1. The quantitative estimate of drug-likeness (QED) is 0.835. The maximum Gasteiger partial charge on any atom is 0.222 e. The van der Waals surface area contributed by atoms with Gasteiger partial charge in [-0.2, -0.15) is 0 Å². The van der Waals surface area contributed by atoms with Crippen LogP contribution in [-0.4, -0.2) is 39.5 Å². The third-order valence-electron chi connectivity index (χ3n) is 3.54. The second-order valence-corrected chi connectivity index (χ2v) is 4.93. The van der Waals surface area contributed by atoms with Crippen molar-refractivity contribution in [2.75, 3.05) is 11.9 Å². The molecule has 0 bridgehead atoms. The minimum absolute atomic E-state index is 0.512. The van der Waals surface area contributed by atoms with Gasteiger partial charge < -0.3 is 5.32 Å². The van der Waals surface area contributed by atoms with Crippen molar-refractivity contribution in [2.24, 2.45) is 0 Å². The van der Waals surface area contributed by atoms with Gasteiger partial charge >= 0.3 is 0 Å². The predicted octanol–water partition coefficient (Wildman–Crippen LogP) is 1.51. The zero-order valence-corrected chi connectivity index (χ0v) is 9.63. The van der Waals surface area contributed by atoms with E-state index >= 15 is 0 Å². The van der Waals surface area contributed by atoms with Crippen LogP contribution >= 0.6 is 0 Å². The molecule has 2 heterocycles. The van der Waals surface area contributed by atoms with E-state index in [1.165, 1.54) is 19.3 Å². The first-order valence-electron chi connectivity index (χ1n) is 6.12. The topological polar surface area (TPSA) is 41.1 Å². The van der Waals surface area contributed by atoms with Gasteiger partial charge in [-0.25, -0.2) is 9.97 Å². The molecular weight excluding hydrogens is 200 g/mol. The Morgan fingerprint density at radius 2 is 2.06 bits per heavy atom. The van der Waals surface area contributed by atoms with Crippen molar-refractivity contribution in [1.29, 1.82) is 0 Å². The molecule has 16 heavy (non-hydrogen) atoms.